The quantitative estimate of drug-likeness (QED) is 0.879. The number of fused-ring (bicyclic) bond motifs is 1. The van der Waals surface area contributed by atoms with Crippen LogP contribution in [0.2, 0.25) is 0 Å². The van der Waals surface area contributed by atoms with Gasteiger partial charge in [0.1, 0.15) is 5.65 Å². The summed E-state index contributed by atoms with van der Waals surface area (Å²) < 4.78 is 27.8. The van der Waals surface area contributed by atoms with Gasteiger partial charge in [0.05, 0.1) is 18.0 Å². The number of imidazole rings is 1. The minimum atomic E-state index is -3.19. The van der Waals surface area contributed by atoms with Gasteiger partial charge in [0.2, 0.25) is 10.0 Å². The van der Waals surface area contributed by atoms with Crippen LogP contribution >= 0.6 is 0 Å². The molecule has 0 aliphatic heterocycles. The fourth-order valence-corrected chi connectivity index (χ4v) is 2.99. The van der Waals surface area contributed by atoms with Gasteiger partial charge < -0.3 is 4.40 Å². The van der Waals surface area contributed by atoms with E-state index in [0.29, 0.717) is 6.42 Å². The van der Waals surface area contributed by atoms with Gasteiger partial charge in [-0.15, -0.1) is 0 Å². The number of nitrogens with one attached hydrogen (secondary N) is 1. The fraction of sp³-hybridized carbons (Fsp3) is 0.462. The molecule has 0 spiro atoms. The normalized spacial score (nSPS) is 12.1. The number of aromatic nitrogens is 2. The number of aryl methyl sites for hydroxylation is 1. The van der Waals surface area contributed by atoms with E-state index in [0.717, 1.165) is 23.3 Å². The van der Waals surface area contributed by atoms with Crippen LogP contribution in [0.4, 0.5) is 0 Å². The first-order chi connectivity index (χ1) is 9.00. The molecule has 0 amide bonds. The standard InChI is InChI=1S/C13H19N3O2S/c1-3-4-7-19(17,18)14-9-12-10-16-6-5-11(2)8-13(16)15-12/h5-6,8,10,14H,3-4,7,9H2,1-2H3. The fourth-order valence-electron chi connectivity index (χ4n) is 1.81. The largest absolute Gasteiger partial charge is 0.307 e. The number of hydrogen-bond donors (Lipinski definition) is 1. The van der Waals surface area contributed by atoms with Gasteiger partial charge in [-0.1, -0.05) is 13.3 Å². The van der Waals surface area contributed by atoms with Crippen molar-refractivity contribution in [2.24, 2.45) is 0 Å². The Hall–Kier alpha value is -1.40. The molecule has 2 rings (SSSR count). The van der Waals surface area contributed by atoms with E-state index < -0.39 is 10.0 Å². The lowest BCUT2D eigenvalue weighted by molar-refractivity contribution is 0.577. The summed E-state index contributed by atoms with van der Waals surface area (Å²) >= 11 is 0. The lowest BCUT2D eigenvalue weighted by Crippen LogP contribution is -2.26. The number of pyridine rings is 1. The summed E-state index contributed by atoms with van der Waals surface area (Å²) in [6, 6.07) is 3.96. The average Bonchev–Trinajstić information content (AvgIpc) is 2.76. The lowest BCUT2D eigenvalue weighted by Gasteiger charge is -2.03. The first-order valence-electron chi connectivity index (χ1n) is 6.42. The van der Waals surface area contributed by atoms with E-state index >= 15 is 0 Å². The smallest absolute Gasteiger partial charge is 0.211 e. The number of unbranched alkanes of at least 4 members (excludes halogenated alkanes) is 1. The zero-order valence-corrected chi connectivity index (χ0v) is 12.1. The molecule has 0 aromatic carbocycles. The van der Waals surface area contributed by atoms with Gasteiger partial charge in [0.15, 0.2) is 0 Å². The topological polar surface area (TPSA) is 63.5 Å². The highest BCUT2D eigenvalue weighted by Crippen LogP contribution is 2.08. The molecule has 2 heterocycles. The second-order valence-corrected chi connectivity index (χ2v) is 6.62. The molecule has 1 N–H and O–H groups in total. The zero-order valence-electron chi connectivity index (χ0n) is 11.3. The molecule has 0 bridgehead atoms. The molecule has 0 unspecified atom stereocenters. The van der Waals surface area contributed by atoms with Crippen molar-refractivity contribution in [3.8, 4) is 0 Å². The summed E-state index contributed by atoms with van der Waals surface area (Å²) in [4.78, 5) is 4.39. The van der Waals surface area contributed by atoms with E-state index in [2.05, 4.69) is 9.71 Å². The maximum atomic E-state index is 11.7. The molecular formula is C13H19N3O2S. The molecule has 6 heteroatoms. The van der Waals surface area contributed by atoms with Crippen LogP contribution in [0.1, 0.15) is 31.0 Å². The van der Waals surface area contributed by atoms with E-state index in [-0.39, 0.29) is 12.3 Å². The third kappa shape index (κ3) is 3.78. The molecular weight excluding hydrogens is 262 g/mol. The highest BCUT2D eigenvalue weighted by molar-refractivity contribution is 7.89. The van der Waals surface area contributed by atoms with Crippen LogP contribution in [0.3, 0.4) is 0 Å². The van der Waals surface area contributed by atoms with Gasteiger partial charge in [-0.2, -0.15) is 0 Å². The molecule has 0 aliphatic rings. The van der Waals surface area contributed by atoms with Crippen LogP contribution in [0, 0.1) is 6.92 Å². The van der Waals surface area contributed by atoms with Crippen molar-refractivity contribution >= 4 is 15.7 Å². The highest BCUT2D eigenvalue weighted by atomic mass is 32.2. The molecule has 0 radical (unpaired) electrons. The Morgan fingerprint density at radius 1 is 1.42 bits per heavy atom. The van der Waals surface area contributed by atoms with Crippen molar-refractivity contribution in [1.82, 2.24) is 14.1 Å². The van der Waals surface area contributed by atoms with E-state index in [4.69, 9.17) is 0 Å². The van der Waals surface area contributed by atoms with Gasteiger partial charge >= 0.3 is 0 Å². The Labute approximate surface area is 113 Å². The Morgan fingerprint density at radius 3 is 2.95 bits per heavy atom. The SMILES string of the molecule is CCCCS(=O)(=O)NCc1cn2ccc(C)cc2n1. The summed E-state index contributed by atoms with van der Waals surface area (Å²) in [5.41, 5.74) is 2.70. The van der Waals surface area contributed by atoms with Crippen molar-refractivity contribution < 1.29 is 8.42 Å². The highest BCUT2D eigenvalue weighted by Gasteiger charge is 2.10. The first-order valence-corrected chi connectivity index (χ1v) is 8.07. The van der Waals surface area contributed by atoms with Crippen molar-refractivity contribution in [3.05, 3.63) is 35.8 Å². The Balaban J connectivity index is 2.05. The van der Waals surface area contributed by atoms with Crippen LogP contribution < -0.4 is 4.72 Å². The third-order valence-electron chi connectivity index (χ3n) is 2.91. The lowest BCUT2D eigenvalue weighted by atomic mass is 10.3. The van der Waals surface area contributed by atoms with E-state index in [9.17, 15) is 8.42 Å². The monoisotopic (exact) mass is 281 g/mol. The summed E-state index contributed by atoms with van der Waals surface area (Å²) in [6.45, 7) is 4.22. The molecule has 2 aromatic rings. The Morgan fingerprint density at radius 2 is 2.21 bits per heavy atom. The summed E-state index contributed by atoms with van der Waals surface area (Å²) in [5, 5.41) is 0. The predicted molar refractivity (Wildman–Crippen MR) is 75.5 cm³/mol. The van der Waals surface area contributed by atoms with Crippen molar-refractivity contribution in [2.75, 3.05) is 5.75 Å². The maximum absolute atomic E-state index is 11.7. The van der Waals surface area contributed by atoms with Gasteiger partial charge in [-0.05, 0) is 31.0 Å². The summed E-state index contributed by atoms with van der Waals surface area (Å²) in [5.74, 6) is 0.177. The molecule has 5 nitrogen and oxygen atoms in total. The molecule has 0 aliphatic carbocycles. The van der Waals surface area contributed by atoms with Crippen LogP contribution in [0.25, 0.3) is 5.65 Å². The van der Waals surface area contributed by atoms with Crippen LogP contribution in [0.5, 0.6) is 0 Å². The van der Waals surface area contributed by atoms with Crippen molar-refractivity contribution in [2.45, 2.75) is 33.2 Å². The number of rotatable bonds is 6. The zero-order chi connectivity index (χ0) is 13.9. The van der Waals surface area contributed by atoms with Crippen LogP contribution in [0.15, 0.2) is 24.5 Å². The van der Waals surface area contributed by atoms with Crippen molar-refractivity contribution in [1.29, 1.82) is 0 Å². The molecule has 0 fully saturated rings. The first kappa shape index (κ1) is 14.0. The van der Waals surface area contributed by atoms with Gasteiger partial charge in [-0.3, -0.25) is 0 Å². The predicted octanol–water partition coefficient (Wildman–Crippen LogP) is 1.86. The molecule has 2 aromatic heterocycles. The minimum absolute atomic E-state index is 0.177. The third-order valence-corrected chi connectivity index (χ3v) is 4.32. The number of nitrogens with zero attached hydrogens (tertiary/aromatic N) is 2. The second-order valence-electron chi connectivity index (χ2n) is 4.70. The number of sulfonamides is 1. The van der Waals surface area contributed by atoms with Crippen molar-refractivity contribution in [3.63, 3.8) is 0 Å². The van der Waals surface area contributed by atoms with E-state index in [1.165, 1.54) is 0 Å². The summed E-state index contributed by atoms with van der Waals surface area (Å²) in [6.07, 6.45) is 5.32. The maximum Gasteiger partial charge on any atom is 0.211 e. The second kappa shape index (κ2) is 5.71. The Bertz CT molecular complexity index is 662. The number of hydrogen-bond acceptors (Lipinski definition) is 3. The molecule has 104 valence electrons. The van der Waals surface area contributed by atoms with E-state index in [1.807, 2.05) is 42.8 Å². The molecule has 0 atom stereocenters. The van der Waals surface area contributed by atoms with E-state index in [1.54, 1.807) is 0 Å². The summed E-state index contributed by atoms with van der Waals surface area (Å²) in [7, 11) is -3.19. The molecule has 0 saturated carbocycles. The minimum Gasteiger partial charge on any atom is -0.307 e. The van der Waals surface area contributed by atoms with Gasteiger partial charge in [0, 0.05) is 12.4 Å². The van der Waals surface area contributed by atoms with Crippen LogP contribution in [-0.2, 0) is 16.6 Å². The molecule has 0 saturated heterocycles. The Kier molecular flexibility index (Phi) is 4.21. The molecule has 19 heavy (non-hydrogen) atoms. The average molecular weight is 281 g/mol. The van der Waals surface area contributed by atoms with Crippen LogP contribution in [-0.4, -0.2) is 23.6 Å². The van der Waals surface area contributed by atoms with Gasteiger partial charge in [-0.25, -0.2) is 18.1 Å². The van der Waals surface area contributed by atoms with Gasteiger partial charge in [0.25, 0.3) is 0 Å².